The maximum atomic E-state index is 12.3. The van der Waals surface area contributed by atoms with Crippen molar-refractivity contribution in [3.63, 3.8) is 0 Å². The predicted molar refractivity (Wildman–Crippen MR) is 113 cm³/mol. The first-order chi connectivity index (χ1) is 13.2. The van der Waals surface area contributed by atoms with Crippen molar-refractivity contribution in [2.75, 3.05) is 5.88 Å². The second-order valence-electron chi connectivity index (χ2n) is 6.78. The molecule has 0 bridgehead atoms. The second-order valence-corrected chi connectivity index (χ2v) is 10.7. The van der Waals surface area contributed by atoms with Crippen molar-refractivity contribution in [3.05, 3.63) is 108 Å². The molecule has 0 saturated heterocycles. The van der Waals surface area contributed by atoms with E-state index in [2.05, 4.69) is 36.4 Å². The SMILES string of the molecule is O=C(CCl)O[Si](Cc1ccccc1)(Cc1ccccc1)Cc1ccccc1. The van der Waals surface area contributed by atoms with Gasteiger partial charge in [0.25, 0.3) is 8.32 Å². The molecule has 3 rings (SSSR count). The molecule has 0 aromatic heterocycles. The Hall–Kier alpha value is -2.36. The van der Waals surface area contributed by atoms with Crippen LogP contribution in [0.25, 0.3) is 0 Å². The molecule has 0 amide bonds. The van der Waals surface area contributed by atoms with Crippen LogP contribution < -0.4 is 0 Å². The van der Waals surface area contributed by atoms with Crippen LogP contribution in [0.1, 0.15) is 16.7 Å². The van der Waals surface area contributed by atoms with Crippen molar-refractivity contribution in [1.29, 1.82) is 0 Å². The molecule has 3 aromatic carbocycles. The van der Waals surface area contributed by atoms with Crippen molar-refractivity contribution in [1.82, 2.24) is 0 Å². The van der Waals surface area contributed by atoms with Gasteiger partial charge in [0.1, 0.15) is 5.88 Å². The molecule has 3 aromatic rings. The summed E-state index contributed by atoms with van der Waals surface area (Å²) in [5.74, 6) is -0.446. The summed E-state index contributed by atoms with van der Waals surface area (Å²) in [4.78, 5) is 12.3. The van der Waals surface area contributed by atoms with Crippen LogP contribution in [0.4, 0.5) is 0 Å². The van der Waals surface area contributed by atoms with Crippen molar-refractivity contribution in [2.45, 2.75) is 18.1 Å². The van der Waals surface area contributed by atoms with E-state index in [4.69, 9.17) is 16.0 Å². The van der Waals surface area contributed by atoms with Gasteiger partial charge in [-0.05, 0) is 16.7 Å². The molecule has 0 N–H and O–H groups in total. The maximum absolute atomic E-state index is 12.3. The molecule has 0 aliphatic heterocycles. The molecule has 0 radical (unpaired) electrons. The molecule has 2 nitrogen and oxygen atoms in total. The molecular weight excluding hydrogens is 372 g/mol. The molecular formula is C23H23ClO2Si. The highest BCUT2D eigenvalue weighted by atomic mass is 35.5. The standard InChI is InChI=1S/C23H23ClO2Si/c24-16-23(25)26-27(17-20-10-4-1-5-11-20,18-21-12-6-2-7-13-21)19-22-14-8-3-9-15-22/h1-15H,16-19H2. The zero-order chi connectivity index (χ0) is 19.0. The van der Waals surface area contributed by atoms with E-state index in [9.17, 15) is 4.79 Å². The van der Waals surface area contributed by atoms with Crippen LogP contribution in [-0.4, -0.2) is 20.2 Å². The second kappa shape index (κ2) is 9.54. The molecule has 0 heterocycles. The average molecular weight is 395 g/mol. The van der Waals surface area contributed by atoms with Gasteiger partial charge in [0.05, 0.1) is 0 Å². The number of carbonyl (C=O) groups is 1. The van der Waals surface area contributed by atoms with E-state index >= 15 is 0 Å². The van der Waals surface area contributed by atoms with Gasteiger partial charge in [-0.3, -0.25) is 4.79 Å². The number of rotatable bonds is 8. The zero-order valence-electron chi connectivity index (χ0n) is 15.2. The van der Waals surface area contributed by atoms with E-state index < -0.39 is 8.32 Å². The summed E-state index contributed by atoms with van der Waals surface area (Å²) in [7, 11) is -2.54. The molecule has 0 saturated carbocycles. The molecule has 4 heteroatoms. The van der Waals surface area contributed by atoms with E-state index in [-0.39, 0.29) is 11.8 Å². The number of hydrogen-bond acceptors (Lipinski definition) is 2. The quantitative estimate of drug-likeness (QED) is 0.394. The fraction of sp³-hybridized carbons (Fsp3) is 0.174. The van der Waals surface area contributed by atoms with Crippen LogP contribution in [0.2, 0.25) is 0 Å². The summed E-state index contributed by atoms with van der Waals surface area (Å²) in [6.45, 7) is 0. The Bertz CT molecular complexity index is 737. The Kier molecular flexibility index (Phi) is 6.85. The monoisotopic (exact) mass is 394 g/mol. The first-order valence-corrected chi connectivity index (χ1v) is 12.2. The first kappa shape index (κ1) is 19.4. The van der Waals surface area contributed by atoms with Crippen LogP contribution in [0.5, 0.6) is 0 Å². The van der Waals surface area contributed by atoms with Gasteiger partial charge in [-0.15, -0.1) is 11.6 Å². The molecule has 0 aliphatic rings. The topological polar surface area (TPSA) is 26.3 Å². The fourth-order valence-electron chi connectivity index (χ4n) is 3.47. The van der Waals surface area contributed by atoms with Gasteiger partial charge in [-0.2, -0.15) is 0 Å². The molecule has 0 aliphatic carbocycles. The highest BCUT2D eigenvalue weighted by Gasteiger charge is 2.39. The predicted octanol–water partition coefficient (Wildman–Crippen LogP) is 5.06. The summed E-state index contributed by atoms with van der Waals surface area (Å²) in [6.07, 6.45) is 0. The maximum Gasteiger partial charge on any atom is 0.307 e. The smallest absolute Gasteiger partial charge is 0.307 e. The first-order valence-electron chi connectivity index (χ1n) is 9.09. The molecule has 0 unspecified atom stereocenters. The lowest BCUT2D eigenvalue weighted by atomic mass is 10.2. The zero-order valence-corrected chi connectivity index (χ0v) is 16.9. The van der Waals surface area contributed by atoms with Gasteiger partial charge in [-0.1, -0.05) is 91.0 Å². The van der Waals surface area contributed by atoms with Crippen LogP contribution in [0.15, 0.2) is 91.0 Å². The average Bonchev–Trinajstić information content (AvgIpc) is 2.70. The Morgan fingerprint density at radius 3 is 1.30 bits per heavy atom. The van der Waals surface area contributed by atoms with Gasteiger partial charge in [0, 0.05) is 18.1 Å². The third-order valence-corrected chi connectivity index (χ3v) is 8.58. The lowest BCUT2D eigenvalue weighted by Crippen LogP contribution is -2.49. The van der Waals surface area contributed by atoms with E-state index in [1.807, 2.05) is 54.6 Å². The molecule has 0 spiro atoms. The van der Waals surface area contributed by atoms with Crippen LogP contribution in [0.3, 0.4) is 0 Å². The minimum absolute atomic E-state index is 0.118. The van der Waals surface area contributed by atoms with Crippen molar-refractivity contribution < 1.29 is 9.22 Å². The largest absolute Gasteiger partial charge is 0.517 e. The summed E-state index contributed by atoms with van der Waals surface area (Å²) in [6, 6.07) is 33.1. The van der Waals surface area contributed by atoms with E-state index in [1.165, 1.54) is 16.7 Å². The third kappa shape index (κ3) is 5.81. The molecule has 27 heavy (non-hydrogen) atoms. The number of benzene rings is 3. The number of carbonyl (C=O) groups excluding carboxylic acids is 1. The number of hydrogen-bond donors (Lipinski definition) is 0. The third-order valence-electron chi connectivity index (χ3n) is 4.55. The fourth-order valence-corrected chi connectivity index (χ4v) is 7.70. The minimum atomic E-state index is -2.54. The molecule has 0 atom stereocenters. The molecule has 0 fully saturated rings. The van der Waals surface area contributed by atoms with Crippen molar-refractivity contribution >= 4 is 25.9 Å². The van der Waals surface area contributed by atoms with Crippen molar-refractivity contribution in [2.24, 2.45) is 0 Å². The van der Waals surface area contributed by atoms with Gasteiger partial charge in [0.15, 0.2) is 0 Å². The van der Waals surface area contributed by atoms with Crippen LogP contribution in [0, 0.1) is 0 Å². The van der Waals surface area contributed by atoms with Gasteiger partial charge >= 0.3 is 5.97 Å². The summed E-state index contributed by atoms with van der Waals surface area (Å²) in [5.41, 5.74) is 3.58. The summed E-state index contributed by atoms with van der Waals surface area (Å²) < 4.78 is 6.17. The van der Waals surface area contributed by atoms with E-state index in [1.54, 1.807) is 0 Å². The van der Waals surface area contributed by atoms with Gasteiger partial charge in [0.2, 0.25) is 0 Å². The van der Waals surface area contributed by atoms with Gasteiger partial charge in [-0.25, -0.2) is 0 Å². The Balaban J connectivity index is 1.99. The minimum Gasteiger partial charge on any atom is -0.517 e. The Morgan fingerprint density at radius 1 is 0.667 bits per heavy atom. The Labute approximate surface area is 166 Å². The number of alkyl halides is 1. The van der Waals surface area contributed by atoms with E-state index in [0.717, 1.165) is 18.1 Å². The highest BCUT2D eigenvalue weighted by molar-refractivity contribution is 6.73. The van der Waals surface area contributed by atoms with Crippen molar-refractivity contribution in [3.8, 4) is 0 Å². The summed E-state index contributed by atoms with van der Waals surface area (Å²) >= 11 is 5.81. The molecule has 138 valence electrons. The van der Waals surface area contributed by atoms with Crippen LogP contribution >= 0.6 is 11.6 Å². The van der Waals surface area contributed by atoms with Gasteiger partial charge < -0.3 is 4.43 Å². The summed E-state index contributed by atoms with van der Waals surface area (Å²) in [5, 5.41) is 0. The number of halogens is 1. The van der Waals surface area contributed by atoms with E-state index in [0.29, 0.717) is 0 Å². The lowest BCUT2D eigenvalue weighted by Gasteiger charge is -2.31. The lowest BCUT2D eigenvalue weighted by molar-refractivity contribution is -0.132. The van der Waals surface area contributed by atoms with Crippen LogP contribution in [-0.2, 0) is 27.4 Å². The normalized spacial score (nSPS) is 11.1. The Morgan fingerprint density at radius 2 is 1.00 bits per heavy atom. The highest BCUT2D eigenvalue weighted by Crippen LogP contribution is 2.24.